The number of nitrogens with one attached hydrogen (secondary N) is 1. The smallest absolute Gasteiger partial charge is 0.234 e. The second-order valence-corrected chi connectivity index (χ2v) is 5.54. The molecule has 2 aromatic rings. The fourth-order valence-corrected chi connectivity index (χ4v) is 2.21. The maximum Gasteiger partial charge on any atom is 0.234 e. The monoisotopic (exact) mass is 340 g/mol. The van der Waals surface area contributed by atoms with E-state index in [0.29, 0.717) is 0 Å². The second-order valence-electron chi connectivity index (χ2n) is 3.63. The zero-order valence-corrected chi connectivity index (χ0v) is 12.2. The molecule has 98 valence electrons. The molecular formula is C13H10BrFN2OS. The topological polar surface area (TPSA) is 42.0 Å². The van der Waals surface area contributed by atoms with Gasteiger partial charge in [-0.25, -0.2) is 9.37 Å². The van der Waals surface area contributed by atoms with Crippen LogP contribution >= 0.6 is 27.7 Å². The minimum Gasteiger partial charge on any atom is -0.323 e. The molecule has 0 fully saturated rings. The molecule has 0 aliphatic heterocycles. The predicted molar refractivity (Wildman–Crippen MR) is 77.7 cm³/mol. The van der Waals surface area contributed by atoms with Gasteiger partial charge in [-0.2, -0.15) is 0 Å². The molecule has 0 saturated heterocycles. The summed E-state index contributed by atoms with van der Waals surface area (Å²) in [7, 11) is 0. The first-order valence-electron chi connectivity index (χ1n) is 5.44. The third kappa shape index (κ3) is 4.33. The van der Waals surface area contributed by atoms with Crippen LogP contribution in [0.15, 0.2) is 52.1 Å². The van der Waals surface area contributed by atoms with E-state index in [-0.39, 0.29) is 17.3 Å². The molecule has 0 aliphatic carbocycles. The number of aromatic nitrogens is 1. The first kappa shape index (κ1) is 14.0. The number of hydrogen-bond acceptors (Lipinski definition) is 3. The van der Waals surface area contributed by atoms with E-state index < -0.39 is 5.82 Å². The Morgan fingerprint density at radius 1 is 1.32 bits per heavy atom. The highest BCUT2D eigenvalue weighted by Crippen LogP contribution is 2.18. The van der Waals surface area contributed by atoms with Crippen molar-refractivity contribution in [1.82, 2.24) is 4.98 Å². The molecule has 3 nitrogen and oxygen atoms in total. The van der Waals surface area contributed by atoms with Crippen LogP contribution in [0, 0.1) is 5.82 Å². The highest BCUT2D eigenvalue weighted by atomic mass is 79.9. The van der Waals surface area contributed by atoms with Crippen molar-refractivity contribution in [1.29, 1.82) is 0 Å². The van der Waals surface area contributed by atoms with E-state index in [2.05, 4.69) is 26.2 Å². The number of rotatable bonds is 4. The third-order valence-electron chi connectivity index (χ3n) is 2.20. The zero-order valence-electron chi connectivity index (χ0n) is 9.77. The van der Waals surface area contributed by atoms with Crippen LogP contribution < -0.4 is 5.32 Å². The lowest BCUT2D eigenvalue weighted by Gasteiger charge is -2.05. The SMILES string of the molecule is O=C(CSc1ccc(Br)cn1)Nc1ccccc1F. The van der Waals surface area contributed by atoms with E-state index in [1.165, 1.54) is 23.9 Å². The molecule has 0 aliphatic rings. The summed E-state index contributed by atoms with van der Waals surface area (Å²) in [6.07, 6.45) is 1.66. The number of nitrogens with zero attached hydrogens (tertiary/aromatic N) is 1. The number of amides is 1. The number of halogens is 2. The van der Waals surface area contributed by atoms with E-state index in [4.69, 9.17) is 0 Å². The molecule has 0 radical (unpaired) electrons. The summed E-state index contributed by atoms with van der Waals surface area (Å²) >= 11 is 4.58. The quantitative estimate of drug-likeness (QED) is 0.862. The summed E-state index contributed by atoms with van der Waals surface area (Å²) in [6, 6.07) is 9.73. The molecule has 0 atom stereocenters. The van der Waals surface area contributed by atoms with Crippen molar-refractivity contribution < 1.29 is 9.18 Å². The zero-order chi connectivity index (χ0) is 13.7. The van der Waals surface area contributed by atoms with Gasteiger partial charge in [0.15, 0.2) is 0 Å². The molecule has 6 heteroatoms. The van der Waals surface area contributed by atoms with Gasteiger partial charge in [-0.05, 0) is 40.2 Å². The summed E-state index contributed by atoms with van der Waals surface area (Å²) in [5.74, 6) is -0.523. The van der Waals surface area contributed by atoms with Gasteiger partial charge < -0.3 is 5.32 Å². The van der Waals surface area contributed by atoms with Gasteiger partial charge in [0.25, 0.3) is 0 Å². The molecule has 1 N–H and O–H groups in total. The summed E-state index contributed by atoms with van der Waals surface area (Å²) < 4.78 is 14.2. The lowest BCUT2D eigenvalue weighted by atomic mass is 10.3. The number of anilines is 1. The van der Waals surface area contributed by atoms with Gasteiger partial charge in [0.1, 0.15) is 5.82 Å². The van der Waals surface area contributed by atoms with Crippen molar-refractivity contribution >= 4 is 39.3 Å². The Morgan fingerprint density at radius 2 is 2.11 bits per heavy atom. The number of pyridine rings is 1. The Kier molecular flexibility index (Phi) is 4.93. The normalized spacial score (nSPS) is 10.2. The Bertz CT molecular complexity index is 577. The second kappa shape index (κ2) is 6.68. The van der Waals surface area contributed by atoms with E-state index in [1.54, 1.807) is 18.3 Å². The maximum atomic E-state index is 13.3. The predicted octanol–water partition coefficient (Wildman–Crippen LogP) is 3.71. The maximum absolute atomic E-state index is 13.3. The summed E-state index contributed by atoms with van der Waals surface area (Å²) in [5, 5.41) is 3.26. The molecule has 0 unspecified atom stereocenters. The number of hydrogen-bond donors (Lipinski definition) is 1. The Morgan fingerprint density at radius 3 is 2.79 bits per heavy atom. The molecule has 0 bridgehead atoms. The van der Waals surface area contributed by atoms with Crippen molar-refractivity contribution in [2.24, 2.45) is 0 Å². The minimum atomic E-state index is -0.442. The third-order valence-corrected chi connectivity index (χ3v) is 3.61. The van der Waals surface area contributed by atoms with Crippen LogP contribution in [0.5, 0.6) is 0 Å². The summed E-state index contributed by atoms with van der Waals surface area (Å²) in [4.78, 5) is 15.8. The highest BCUT2D eigenvalue weighted by Gasteiger charge is 2.07. The van der Waals surface area contributed by atoms with Gasteiger partial charge in [0.2, 0.25) is 5.91 Å². The van der Waals surface area contributed by atoms with Crippen LogP contribution in [-0.2, 0) is 4.79 Å². The van der Waals surface area contributed by atoms with Gasteiger partial charge in [0, 0.05) is 10.7 Å². The largest absolute Gasteiger partial charge is 0.323 e. The lowest BCUT2D eigenvalue weighted by Crippen LogP contribution is -2.15. The van der Waals surface area contributed by atoms with Gasteiger partial charge >= 0.3 is 0 Å². The molecule has 1 aromatic carbocycles. The number of para-hydroxylation sites is 1. The van der Waals surface area contributed by atoms with E-state index in [0.717, 1.165) is 9.50 Å². The summed E-state index contributed by atoms with van der Waals surface area (Å²) in [5.41, 5.74) is 0.192. The minimum absolute atomic E-state index is 0.183. The van der Waals surface area contributed by atoms with Crippen LogP contribution in [0.3, 0.4) is 0 Å². The van der Waals surface area contributed by atoms with Crippen molar-refractivity contribution in [3.05, 3.63) is 52.9 Å². The highest BCUT2D eigenvalue weighted by molar-refractivity contribution is 9.10. The van der Waals surface area contributed by atoms with E-state index in [1.807, 2.05) is 12.1 Å². The summed E-state index contributed by atoms with van der Waals surface area (Å²) in [6.45, 7) is 0. The molecule has 1 amide bonds. The van der Waals surface area contributed by atoms with Crippen molar-refractivity contribution in [2.45, 2.75) is 5.03 Å². The first-order valence-corrected chi connectivity index (χ1v) is 7.22. The van der Waals surface area contributed by atoms with Crippen molar-refractivity contribution in [2.75, 3.05) is 11.1 Å². The van der Waals surface area contributed by atoms with Gasteiger partial charge in [0.05, 0.1) is 16.5 Å². The molecule has 1 aromatic heterocycles. The van der Waals surface area contributed by atoms with Crippen LogP contribution in [0.2, 0.25) is 0 Å². The van der Waals surface area contributed by atoms with Crippen LogP contribution in [0.1, 0.15) is 0 Å². The average molecular weight is 341 g/mol. The van der Waals surface area contributed by atoms with Gasteiger partial charge in [-0.15, -0.1) is 0 Å². The average Bonchev–Trinajstić information content (AvgIpc) is 2.41. The molecule has 2 rings (SSSR count). The number of carbonyl (C=O) groups is 1. The molecule has 0 spiro atoms. The fourth-order valence-electron chi connectivity index (χ4n) is 1.34. The van der Waals surface area contributed by atoms with E-state index in [9.17, 15) is 9.18 Å². The Balaban J connectivity index is 1.88. The van der Waals surface area contributed by atoms with Gasteiger partial charge in [-0.3, -0.25) is 4.79 Å². The van der Waals surface area contributed by atoms with Crippen LogP contribution in [0.25, 0.3) is 0 Å². The van der Waals surface area contributed by atoms with Crippen molar-refractivity contribution in [3.63, 3.8) is 0 Å². The van der Waals surface area contributed by atoms with Crippen molar-refractivity contribution in [3.8, 4) is 0 Å². The molecule has 0 saturated carbocycles. The molecule has 1 heterocycles. The van der Waals surface area contributed by atoms with Gasteiger partial charge in [-0.1, -0.05) is 23.9 Å². The first-order chi connectivity index (χ1) is 9.15. The van der Waals surface area contributed by atoms with Crippen LogP contribution in [-0.4, -0.2) is 16.6 Å². The fraction of sp³-hybridized carbons (Fsp3) is 0.0769. The Hall–Kier alpha value is -1.40. The van der Waals surface area contributed by atoms with Crippen LogP contribution in [0.4, 0.5) is 10.1 Å². The molecule has 19 heavy (non-hydrogen) atoms. The number of benzene rings is 1. The number of carbonyl (C=O) groups excluding carboxylic acids is 1. The standard InChI is InChI=1S/C13H10BrFN2OS/c14-9-5-6-13(16-7-9)19-8-12(18)17-11-4-2-1-3-10(11)15/h1-7H,8H2,(H,17,18). The number of thioether (sulfide) groups is 1. The molecular weight excluding hydrogens is 331 g/mol. The lowest BCUT2D eigenvalue weighted by molar-refractivity contribution is -0.113. The Labute approximate surface area is 122 Å². The van der Waals surface area contributed by atoms with E-state index >= 15 is 0 Å².